The number of thioether (sulfide) groups is 1. The molecule has 1 aliphatic heterocycles. The van der Waals surface area contributed by atoms with Gasteiger partial charge < -0.3 is 15.1 Å². The second kappa shape index (κ2) is 8.34. The summed E-state index contributed by atoms with van der Waals surface area (Å²) in [5, 5.41) is 12.1. The van der Waals surface area contributed by atoms with Crippen molar-refractivity contribution >= 4 is 39.8 Å². The van der Waals surface area contributed by atoms with E-state index in [0.29, 0.717) is 5.75 Å². The average molecular weight is 364 g/mol. The normalized spacial score (nSPS) is 14.7. The molecule has 1 amide bonds. The second-order valence-electron chi connectivity index (χ2n) is 5.40. The van der Waals surface area contributed by atoms with Crippen LogP contribution >= 0.6 is 23.1 Å². The van der Waals surface area contributed by atoms with Crippen molar-refractivity contribution in [1.29, 1.82) is 0 Å². The van der Waals surface area contributed by atoms with Crippen LogP contribution in [0.4, 0.5) is 10.8 Å². The second-order valence-corrected chi connectivity index (χ2v) is 7.60. The number of nitrogens with zero attached hydrogens (tertiary/aromatic N) is 4. The van der Waals surface area contributed by atoms with Gasteiger partial charge in [-0.1, -0.05) is 41.3 Å². The molecule has 0 saturated carbocycles. The zero-order valence-corrected chi connectivity index (χ0v) is 15.3. The third kappa shape index (κ3) is 4.39. The minimum Gasteiger partial charge on any atom is -0.368 e. The number of hydrogen-bond acceptors (Lipinski definition) is 7. The van der Waals surface area contributed by atoms with Crippen LogP contribution in [0.2, 0.25) is 0 Å². The Morgan fingerprint density at radius 2 is 1.96 bits per heavy atom. The molecule has 1 aliphatic rings. The minimum atomic E-state index is 0.174. The van der Waals surface area contributed by atoms with Crippen LogP contribution in [0, 0.1) is 0 Å². The maximum atomic E-state index is 12.4. The van der Waals surface area contributed by atoms with Gasteiger partial charge in [-0.2, -0.15) is 0 Å². The van der Waals surface area contributed by atoms with Crippen LogP contribution in [0.5, 0.6) is 0 Å². The van der Waals surface area contributed by atoms with E-state index >= 15 is 0 Å². The fourth-order valence-corrected chi connectivity index (χ4v) is 4.28. The number of aromatic nitrogens is 2. The van der Waals surface area contributed by atoms with Gasteiger partial charge >= 0.3 is 0 Å². The summed E-state index contributed by atoms with van der Waals surface area (Å²) in [5.41, 5.74) is 1.23. The molecule has 2 aromatic rings. The number of amides is 1. The highest BCUT2D eigenvalue weighted by Gasteiger charge is 2.21. The van der Waals surface area contributed by atoms with Crippen molar-refractivity contribution in [1.82, 2.24) is 15.1 Å². The summed E-state index contributed by atoms with van der Waals surface area (Å²) in [7, 11) is 0. The molecule has 0 atom stereocenters. The van der Waals surface area contributed by atoms with E-state index in [1.807, 2.05) is 30.0 Å². The van der Waals surface area contributed by atoms with Gasteiger partial charge in [-0.3, -0.25) is 4.79 Å². The molecule has 128 valence electrons. The molecule has 1 aromatic carbocycles. The zero-order chi connectivity index (χ0) is 16.8. The standard InChI is InChI=1S/C16H21N5OS2/c1-2-17-15-18-19-16(24-15)23-12-14(22)21-10-8-20(9-11-21)13-6-4-3-5-7-13/h3-7H,2,8-12H2,1H3,(H,17,18). The number of piperazine rings is 1. The third-order valence-electron chi connectivity index (χ3n) is 3.81. The molecule has 3 rings (SSSR count). The van der Waals surface area contributed by atoms with E-state index in [2.05, 4.69) is 32.5 Å². The van der Waals surface area contributed by atoms with E-state index in [1.165, 1.54) is 28.8 Å². The van der Waals surface area contributed by atoms with Gasteiger partial charge in [0.05, 0.1) is 5.75 Å². The smallest absolute Gasteiger partial charge is 0.233 e. The van der Waals surface area contributed by atoms with Crippen LogP contribution in [0.3, 0.4) is 0 Å². The van der Waals surface area contributed by atoms with Crippen molar-refractivity contribution in [2.45, 2.75) is 11.3 Å². The van der Waals surface area contributed by atoms with Gasteiger partial charge in [0.15, 0.2) is 4.34 Å². The Hall–Kier alpha value is -1.80. The van der Waals surface area contributed by atoms with Crippen LogP contribution in [0.25, 0.3) is 0 Å². The molecule has 2 heterocycles. The lowest BCUT2D eigenvalue weighted by molar-refractivity contribution is -0.128. The number of nitrogens with one attached hydrogen (secondary N) is 1. The van der Waals surface area contributed by atoms with E-state index in [1.54, 1.807) is 0 Å². The Bertz CT molecular complexity index is 655. The van der Waals surface area contributed by atoms with E-state index in [9.17, 15) is 4.79 Å². The lowest BCUT2D eigenvalue weighted by Gasteiger charge is -2.36. The minimum absolute atomic E-state index is 0.174. The van der Waals surface area contributed by atoms with Crippen molar-refractivity contribution in [3.8, 4) is 0 Å². The van der Waals surface area contributed by atoms with E-state index in [4.69, 9.17) is 0 Å². The zero-order valence-electron chi connectivity index (χ0n) is 13.6. The topological polar surface area (TPSA) is 61.4 Å². The first-order valence-electron chi connectivity index (χ1n) is 8.04. The van der Waals surface area contributed by atoms with Crippen molar-refractivity contribution in [2.24, 2.45) is 0 Å². The van der Waals surface area contributed by atoms with Crippen molar-refractivity contribution in [3.05, 3.63) is 30.3 Å². The summed E-state index contributed by atoms with van der Waals surface area (Å²) in [4.78, 5) is 16.6. The summed E-state index contributed by atoms with van der Waals surface area (Å²) in [6, 6.07) is 10.4. The first kappa shape index (κ1) is 17.0. The molecule has 0 unspecified atom stereocenters. The molecule has 1 saturated heterocycles. The molecule has 8 heteroatoms. The molecule has 0 radical (unpaired) electrons. The van der Waals surface area contributed by atoms with Gasteiger partial charge in [-0.25, -0.2) is 0 Å². The Kier molecular flexibility index (Phi) is 5.92. The Balaban J connectivity index is 1.45. The Morgan fingerprint density at radius 1 is 1.21 bits per heavy atom. The van der Waals surface area contributed by atoms with E-state index in [0.717, 1.165) is 42.2 Å². The highest BCUT2D eigenvalue weighted by atomic mass is 32.2. The molecule has 0 spiro atoms. The predicted octanol–water partition coefficient (Wildman–Crippen LogP) is 2.41. The first-order chi connectivity index (χ1) is 11.8. The fraction of sp³-hybridized carbons (Fsp3) is 0.438. The molecule has 1 N–H and O–H groups in total. The summed E-state index contributed by atoms with van der Waals surface area (Å²) >= 11 is 2.96. The summed E-state index contributed by atoms with van der Waals surface area (Å²) in [6.07, 6.45) is 0. The average Bonchev–Trinajstić information content (AvgIpc) is 3.08. The number of carbonyl (C=O) groups excluding carboxylic acids is 1. The lowest BCUT2D eigenvalue weighted by atomic mass is 10.2. The fourth-order valence-electron chi connectivity index (χ4n) is 2.56. The van der Waals surface area contributed by atoms with Gasteiger partial charge in [0.1, 0.15) is 0 Å². The molecule has 24 heavy (non-hydrogen) atoms. The van der Waals surface area contributed by atoms with Crippen molar-refractivity contribution in [3.63, 3.8) is 0 Å². The monoisotopic (exact) mass is 363 g/mol. The maximum Gasteiger partial charge on any atom is 0.233 e. The molecule has 0 bridgehead atoms. The van der Waals surface area contributed by atoms with Crippen LogP contribution in [0.15, 0.2) is 34.7 Å². The predicted molar refractivity (Wildman–Crippen MR) is 100 cm³/mol. The van der Waals surface area contributed by atoms with Crippen LogP contribution < -0.4 is 10.2 Å². The Morgan fingerprint density at radius 3 is 2.67 bits per heavy atom. The quantitative estimate of drug-likeness (QED) is 0.796. The highest BCUT2D eigenvalue weighted by Crippen LogP contribution is 2.25. The SMILES string of the molecule is CCNc1nnc(SCC(=O)N2CCN(c3ccccc3)CC2)s1. The third-order valence-corrected chi connectivity index (χ3v) is 5.81. The molecular formula is C16H21N5OS2. The molecule has 6 nitrogen and oxygen atoms in total. The number of para-hydroxylation sites is 1. The number of anilines is 2. The molecule has 1 aromatic heterocycles. The van der Waals surface area contributed by atoms with E-state index in [-0.39, 0.29) is 5.91 Å². The number of carbonyl (C=O) groups is 1. The lowest BCUT2D eigenvalue weighted by Crippen LogP contribution is -2.49. The summed E-state index contributed by atoms with van der Waals surface area (Å²) in [5.74, 6) is 0.597. The molecular weight excluding hydrogens is 342 g/mol. The van der Waals surface area contributed by atoms with Gasteiger partial charge in [0.25, 0.3) is 0 Å². The Labute approximate surface area is 150 Å². The molecule has 1 fully saturated rings. The number of rotatable bonds is 6. The van der Waals surface area contributed by atoms with Crippen LogP contribution in [-0.4, -0.2) is 59.5 Å². The van der Waals surface area contributed by atoms with Gasteiger partial charge in [-0.15, -0.1) is 10.2 Å². The van der Waals surface area contributed by atoms with Crippen LogP contribution in [0.1, 0.15) is 6.92 Å². The van der Waals surface area contributed by atoms with Crippen molar-refractivity contribution in [2.75, 3.05) is 48.7 Å². The van der Waals surface area contributed by atoms with Gasteiger partial charge in [-0.05, 0) is 19.1 Å². The van der Waals surface area contributed by atoms with Crippen LogP contribution in [-0.2, 0) is 4.79 Å². The first-order valence-corrected chi connectivity index (χ1v) is 9.84. The number of benzene rings is 1. The largest absolute Gasteiger partial charge is 0.368 e. The van der Waals surface area contributed by atoms with Gasteiger partial charge in [0, 0.05) is 38.4 Å². The molecule has 0 aliphatic carbocycles. The van der Waals surface area contributed by atoms with Crippen molar-refractivity contribution < 1.29 is 4.79 Å². The highest BCUT2D eigenvalue weighted by molar-refractivity contribution is 8.01. The maximum absolute atomic E-state index is 12.4. The van der Waals surface area contributed by atoms with Gasteiger partial charge in [0.2, 0.25) is 11.0 Å². The summed E-state index contributed by atoms with van der Waals surface area (Å²) in [6.45, 7) is 6.14. The summed E-state index contributed by atoms with van der Waals surface area (Å²) < 4.78 is 0.835. The number of hydrogen-bond donors (Lipinski definition) is 1. The van der Waals surface area contributed by atoms with E-state index < -0.39 is 0 Å².